The number of hydrogen-bond donors (Lipinski definition) is 1. The fourth-order valence-corrected chi connectivity index (χ4v) is 1.69. The van der Waals surface area contributed by atoms with E-state index in [0.29, 0.717) is 11.4 Å². The Morgan fingerprint density at radius 2 is 2.25 bits per heavy atom. The molecule has 1 aromatic rings. The van der Waals surface area contributed by atoms with Gasteiger partial charge in [0.05, 0.1) is 7.11 Å². The lowest BCUT2D eigenvalue weighted by molar-refractivity contribution is 0.0729. The van der Waals surface area contributed by atoms with Crippen molar-refractivity contribution in [3.05, 3.63) is 24.0 Å². The third kappa shape index (κ3) is 2.30. The summed E-state index contributed by atoms with van der Waals surface area (Å²) in [5.74, 6) is 0.633. The molecule has 1 N–H and O–H groups in total. The lowest BCUT2D eigenvalue weighted by Gasteiger charge is -2.27. The Bertz CT molecular complexity index is 375. The van der Waals surface area contributed by atoms with E-state index in [9.17, 15) is 4.79 Å². The number of carbonyl (C=O) groups excluding carboxylic acids is 1. The van der Waals surface area contributed by atoms with Crippen molar-refractivity contribution in [2.75, 3.05) is 33.3 Å². The Labute approximate surface area is 94.4 Å². The first-order chi connectivity index (χ1) is 7.81. The highest BCUT2D eigenvalue weighted by Crippen LogP contribution is 2.12. The van der Waals surface area contributed by atoms with Crippen molar-refractivity contribution >= 4 is 5.91 Å². The lowest BCUT2D eigenvalue weighted by Crippen LogP contribution is -2.46. The minimum atomic E-state index is -0.0274. The summed E-state index contributed by atoms with van der Waals surface area (Å²) < 4.78 is 5.07. The highest BCUT2D eigenvalue weighted by Gasteiger charge is 2.19. The standard InChI is InChI=1S/C11H15N3O2/c1-16-9-2-3-13-10(8-9)11(15)14-6-4-12-5-7-14/h2-3,8,12H,4-7H2,1H3. The molecule has 0 atom stereocenters. The van der Waals surface area contributed by atoms with E-state index >= 15 is 0 Å². The van der Waals surface area contributed by atoms with Crippen LogP contribution < -0.4 is 10.1 Å². The van der Waals surface area contributed by atoms with Gasteiger partial charge >= 0.3 is 0 Å². The second kappa shape index (κ2) is 4.94. The summed E-state index contributed by atoms with van der Waals surface area (Å²) >= 11 is 0. The van der Waals surface area contributed by atoms with Gasteiger partial charge in [-0.2, -0.15) is 0 Å². The quantitative estimate of drug-likeness (QED) is 0.771. The molecule has 0 radical (unpaired) electrons. The molecule has 0 aliphatic carbocycles. The SMILES string of the molecule is COc1ccnc(C(=O)N2CCNCC2)c1. The number of carbonyl (C=O) groups is 1. The van der Waals surface area contributed by atoms with Crippen LogP contribution in [-0.2, 0) is 0 Å². The molecular formula is C11H15N3O2. The molecule has 2 rings (SSSR count). The number of piperazine rings is 1. The van der Waals surface area contributed by atoms with Crippen LogP contribution in [-0.4, -0.2) is 49.1 Å². The van der Waals surface area contributed by atoms with Gasteiger partial charge in [0.15, 0.2) is 0 Å². The van der Waals surface area contributed by atoms with Crippen molar-refractivity contribution in [2.24, 2.45) is 0 Å². The minimum Gasteiger partial charge on any atom is -0.497 e. The Morgan fingerprint density at radius 1 is 1.50 bits per heavy atom. The number of aromatic nitrogens is 1. The van der Waals surface area contributed by atoms with Crippen LogP contribution in [0.5, 0.6) is 5.75 Å². The molecule has 2 heterocycles. The van der Waals surface area contributed by atoms with Crippen molar-refractivity contribution in [3.8, 4) is 5.75 Å². The van der Waals surface area contributed by atoms with E-state index in [2.05, 4.69) is 10.3 Å². The van der Waals surface area contributed by atoms with Gasteiger partial charge in [-0.05, 0) is 6.07 Å². The average molecular weight is 221 g/mol. The molecule has 0 aromatic carbocycles. The number of ether oxygens (including phenoxy) is 1. The predicted octanol–water partition coefficient (Wildman–Crippen LogP) is 0.136. The Balaban J connectivity index is 2.12. The molecule has 5 nitrogen and oxygen atoms in total. The summed E-state index contributed by atoms with van der Waals surface area (Å²) in [6, 6.07) is 3.40. The topological polar surface area (TPSA) is 54.5 Å². The lowest BCUT2D eigenvalue weighted by atomic mass is 10.2. The van der Waals surface area contributed by atoms with Crippen molar-refractivity contribution < 1.29 is 9.53 Å². The van der Waals surface area contributed by atoms with E-state index < -0.39 is 0 Å². The number of pyridine rings is 1. The zero-order valence-electron chi connectivity index (χ0n) is 9.27. The van der Waals surface area contributed by atoms with E-state index in [0.717, 1.165) is 26.2 Å². The summed E-state index contributed by atoms with van der Waals surface area (Å²) in [6.45, 7) is 3.15. The van der Waals surface area contributed by atoms with Crippen molar-refractivity contribution in [3.63, 3.8) is 0 Å². The van der Waals surface area contributed by atoms with Crippen molar-refractivity contribution in [1.82, 2.24) is 15.2 Å². The fraction of sp³-hybridized carbons (Fsp3) is 0.455. The van der Waals surface area contributed by atoms with Crippen LogP contribution in [0.2, 0.25) is 0 Å². The van der Waals surface area contributed by atoms with Crippen LogP contribution >= 0.6 is 0 Å². The van der Waals surface area contributed by atoms with Crippen LogP contribution in [0.25, 0.3) is 0 Å². The molecule has 0 bridgehead atoms. The molecule has 1 aromatic heterocycles. The summed E-state index contributed by atoms with van der Waals surface area (Å²) in [5, 5.41) is 3.20. The van der Waals surface area contributed by atoms with Crippen LogP contribution in [0.4, 0.5) is 0 Å². The third-order valence-electron chi connectivity index (χ3n) is 2.59. The first-order valence-corrected chi connectivity index (χ1v) is 5.31. The molecule has 16 heavy (non-hydrogen) atoms. The Kier molecular flexibility index (Phi) is 3.36. The first kappa shape index (κ1) is 10.9. The Hall–Kier alpha value is -1.62. The molecule has 1 saturated heterocycles. The second-order valence-corrected chi connectivity index (χ2v) is 3.62. The molecular weight excluding hydrogens is 206 g/mol. The smallest absolute Gasteiger partial charge is 0.272 e. The molecule has 1 aliphatic heterocycles. The highest BCUT2D eigenvalue weighted by atomic mass is 16.5. The van der Waals surface area contributed by atoms with Gasteiger partial charge < -0.3 is 15.0 Å². The van der Waals surface area contributed by atoms with Gasteiger partial charge in [-0.15, -0.1) is 0 Å². The van der Waals surface area contributed by atoms with Gasteiger partial charge in [0.1, 0.15) is 11.4 Å². The van der Waals surface area contributed by atoms with Gasteiger partial charge in [0, 0.05) is 38.4 Å². The molecule has 1 fully saturated rings. The van der Waals surface area contributed by atoms with Crippen LogP contribution in [0.3, 0.4) is 0 Å². The monoisotopic (exact) mass is 221 g/mol. The normalized spacial score (nSPS) is 15.9. The maximum Gasteiger partial charge on any atom is 0.272 e. The number of nitrogens with one attached hydrogen (secondary N) is 1. The van der Waals surface area contributed by atoms with Gasteiger partial charge in [-0.3, -0.25) is 9.78 Å². The summed E-state index contributed by atoms with van der Waals surface area (Å²) in [7, 11) is 1.58. The predicted molar refractivity (Wildman–Crippen MR) is 59.6 cm³/mol. The van der Waals surface area contributed by atoms with E-state index in [1.54, 1.807) is 30.3 Å². The molecule has 1 aliphatic rings. The van der Waals surface area contributed by atoms with E-state index in [-0.39, 0.29) is 5.91 Å². The van der Waals surface area contributed by atoms with Crippen LogP contribution in [0.1, 0.15) is 10.5 Å². The van der Waals surface area contributed by atoms with Crippen LogP contribution in [0.15, 0.2) is 18.3 Å². The van der Waals surface area contributed by atoms with E-state index in [1.165, 1.54) is 0 Å². The number of methoxy groups -OCH3 is 1. The molecule has 0 spiro atoms. The largest absolute Gasteiger partial charge is 0.497 e. The zero-order chi connectivity index (χ0) is 11.4. The van der Waals surface area contributed by atoms with Crippen molar-refractivity contribution in [1.29, 1.82) is 0 Å². The third-order valence-corrected chi connectivity index (χ3v) is 2.59. The first-order valence-electron chi connectivity index (χ1n) is 5.31. The molecule has 1 amide bonds. The van der Waals surface area contributed by atoms with E-state index in [1.807, 2.05) is 0 Å². The van der Waals surface area contributed by atoms with Gasteiger partial charge in [0.2, 0.25) is 0 Å². The number of nitrogens with zero attached hydrogens (tertiary/aromatic N) is 2. The van der Waals surface area contributed by atoms with Crippen molar-refractivity contribution in [2.45, 2.75) is 0 Å². The maximum atomic E-state index is 12.0. The summed E-state index contributed by atoms with van der Waals surface area (Å²) in [6.07, 6.45) is 1.59. The summed E-state index contributed by atoms with van der Waals surface area (Å²) in [4.78, 5) is 17.9. The summed E-state index contributed by atoms with van der Waals surface area (Å²) in [5.41, 5.74) is 0.446. The number of rotatable bonds is 2. The molecule has 0 saturated carbocycles. The fourth-order valence-electron chi connectivity index (χ4n) is 1.69. The van der Waals surface area contributed by atoms with Crippen LogP contribution in [0, 0.1) is 0 Å². The maximum absolute atomic E-state index is 12.0. The minimum absolute atomic E-state index is 0.0274. The Morgan fingerprint density at radius 3 is 2.94 bits per heavy atom. The number of hydrogen-bond acceptors (Lipinski definition) is 4. The second-order valence-electron chi connectivity index (χ2n) is 3.62. The number of amides is 1. The van der Waals surface area contributed by atoms with Gasteiger partial charge in [-0.1, -0.05) is 0 Å². The van der Waals surface area contributed by atoms with Gasteiger partial charge in [0.25, 0.3) is 5.91 Å². The molecule has 5 heteroatoms. The molecule has 86 valence electrons. The average Bonchev–Trinajstić information content (AvgIpc) is 2.39. The van der Waals surface area contributed by atoms with Gasteiger partial charge in [-0.25, -0.2) is 0 Å². The van der Waals surface area contributed by atoms with E-state index in [4.69, 9.17) is 4.74 Å². The zero-order valence-corrected chi connectivity index (χ0v) is 9.27. The molecule has 0 unspecified atom stereocenters. The highest BCUT2D eigenvalue weighted by molar-refractivity contribution is 5.92.